The lowest BCUT2D eigenvalue weighted by molar-refractivity contribution is 0.0739. The summed E-state index contributed by atoms with van der Waals surface area (Å²) < 4.78 is 7.44. The van der Waals surface area contributed by atoms with Gasteiger partial charge in [0.15, 0.2) is 0 Å². The van der Waals surface area contributed by atoms with Crippen LogP contribution in [0.4, 0.5) is 0 Å². The maximum absolute atomic E-state index is 13.4. The molecular formula is C28H29ClN4O3. The Kier molecular flexibility index (Phi) is 6.98. The summed E-state index contributed by atoms with van der Waals surface area (Å²) >= 11 is 6.49. The highest BCUT2D eigenvalue weighted by atomic mass is 35.5. The SMILES string of the molecule is Cc1cncc(COc2cc(C)n(-c3cc(-c4nc(C(C)(C)O)ccc4C)ncc3C)c(=O)c2Cl)c1. The fourth-order valence-electron chi connectivity index (χ4n) is 3.96. The average Bonchev–Trinajstić information content (AvgIpc) is 2.81. The van der Waals surface area contributed by atoms with E-state index in [0.29, 0.717) is 34.2 Å². The second kappa shape index (κ2) is 9.84. The lowest BCUT2D eigenvalue weighted by Gasteiger charge is -2.19. The molecule has 0 aromatic carbocycles. The van der Waals surface area contributed by atoms with E-state index in [1.165, 1.54) is 0 Å². The second-order valence-electron chi connectivity index (χ2n) is 9.54. The van der Waals surface area contributed by atoms with Crippen molar-refractivity contribution in [1.82, 2.24) is 19.5 Å². The number of halogens is 1. The Balaban J connectivity index is 1.75. The van der Waals surface area contributed by atoms with E-state index in [1.54, 1.807) is 49.1 Å². The minimum atomic E-state index is -1.10. The van der Waals surface area contributed by atoms with Crippen LogP contribution in [0.15, 0.2) is 53.7 Å². The van der Waals surface area contributed by atoms with Gasteiger partial charge in [-0.3, -0.25) is 19.3 Å². The third kappa shape index (κ3) is 5.17. The number of pyridine rings is 4. The minimum absolute atomic E-state index is 0.00249. The summed E-state index contributed by atoms with van der Waals surface area (Å²) in [4.78, 5) is 26.8. The number of rotatable bonds is 6. The van der Waals surface area contributed by atoms with Crippen LogP contribution >= 0.6 is 11.6 Å². The summed E-state index contributed by atoms with van der Waals surface area (Å²) in [5.41, 5.74) is 5.21. The van der Waals surface area contributed by atoms with Gasteiger partial charge in [-0.25, -0.2) is 4.98 Å². The molecular weight excluding hydrogens is 476 g/mol. The molecule has 0 radical (unpaired) electrons. The summed E-state index contributed by atoms with van der Waals surface area (Å²) in [7, 11) is 0. The number of aromatic nitrogens is 4. The number of ether oxygens (including phenoxy) is 1. The minimum Gasteiger partial charge on any atom is -0.487 e. The third-order valence-corrected chi connectivity index (χ3v) is 6.26. The van der Waals surface area contributed by atoms with Gasteiger partial charge in [-0.1, -0.05) is 17.7 Å². The molecule has 7 nitrogen and oxygen atoms in total. The number of aliphatic hydroxyl groups is 1. The standard InChI is InChI=1S/C28H29ClN4O3/c1-16-9-20(14-30-12-16)15-36-23-10-19(4)33(27(34)25(23)29)22-11-21(31-13-18(22)3)26-17(2)7-8-24(32-26)28(5,6)35/h7-14,35H,15H2,1-6H3. The zero-order valence-corrected chi connectivity index (χ0v) is 22.0. The summed E-state index contributed by atoms with van der Waals surface area (Å²) in [6.45, 7) is 11.2. The molecule has 0 fully saturated rings. The maximum atomic E-state index is 13.4. The molecule has 4 heterocycles. The molecule has 0 amide bonds. The van der Waals surface area contributed by atoms with Gasteiger partial charge in [0.1, 0.15) is 23.0 Å². The Hall–Kier alpha value is -3.55. The zero-order valence-electron chi connectivity index (χ0n) is 21.3. The average molecular weight is 505 g/mol. The van der Waals surface area contributed by atoms with Gasteiger partial charge in [0.2, 0.25) is 0 Å². The lowest BCUT2D eigenvalue weighted by Crippen LogP contribution is -2.23. The van der Waals surface area contributed by atoms with Gasteiger partial charge < -0.3 is 9.84 Å². The Morgan fingerprint density at radius 3 is 2.47 bits per heavy atom. The van der Waals surface area contributed by atoms with Crippen molar-refractivity contribution < 1.29 is 9.84 Å². The quantitative estimate of drug-likeness (QED) is 0.379. The Morgan fingerprint density at radius 2 is 1.78 bits per heavy atom. The molecule has 36 heavy (non-hydrogen) atoms. The molecule has 8 heteroatoms. The first kappa shape index (κ1) is 25.5. The van der Waals surface area contributed by atoms with Crippen LogP contribution in [0, 0.1) is 27.7 Å². The smallest absolute Gasteiger partial charge is 0.277 e. The third-order valence-electron chi connectivity index (χ3n) is 5.91. The van der Waals surface area contributed by atoms with E-state index in [0.717, 1.165) is 22.3 Å². The van der Waals surface area contributed by atoms with E-state index in [9.17, 15) is 9.90 Å². The molecule has 0 spiro atoms. The molecule has 0 aliphatic rings. The van der Waals surface area contributed by atoms with Gasteiger partial charge in [0, 0.05) is 35.9 Å². The van der Waals surface area contributed by atoms with Crippen LogP contribution in [0.1, 0.15) is 47.5 Å². The van der Waals surface area contributed by atoms with Crippen molar-refractivity contribution in [3.63, 3.8) is 0 Å². The van der Waals surface area contributed by atoms with Gasteiger partial charge in [-0.15, -0.1) is 0 Å². The first-order chi connectivity index (χ1) is 17.0. The van der Waals surface area contributed by atoms with Crippen LogP contribution in [-0.4, -0.2) is 24.6 Å². The second-order valence-corrected chi connectivity index (χ2v) is 9.92. The first-order valence-electron chi connectivity index (χ1n) is 11.6. The normalized spacial score (nSPS) is 11.6. The fourth-order valence-corrected chi connectivity index (χ4v) is 4.15. The van der Waals surface area contributed by atoms with Crippen LogP contribution in [0.25, 0.3) is 17.1 Å². The Labute approximate surface area is 215 Å². The van der Waals surface area contributed by atoms with Crippen molar-refractivity contribution in [2.45, 2.75) is 53.8 Å². The van der Waals surface area contributed by atoms with Crippen molar-refractivity contribution in [1.29, 1.82) is 0 Å². The topological polar surface area (TPSA) is 90.1 Å². The van der Waals surface area contributed by atoms with E-state index in [1.807, 2.05) is 45.9 Å². The van der Waals surface area contributed by atoms with Gasteiger partial charge in [-0.2, -0.15) is 0 Å². The van der Waals surface area contributed by atoms with Crippen LogP contribution in [0.2, 0.25) is 5.02 Å². The van der Waals surface area contributed by atoms with E-state index in [-0.39, 0.29) is 17.2 Å². The van der Waals surface area contributed by atoms with Gasteiger partial charge in [0.25, 0.3) is 5.56 Å². The van der Waals surface area contributed by atoms with Crippen LogP contribution < -0.4 is 10.3 Å². The Morgan fingerprint density at radius 1 is 1.03 bits per heavy atom. The fraction of sp³-hybridized carbons (Fsp3) is 0.286. The first-order valence-corrected chi connectivity index (χ1v) is 12.0. The lowest BCUT2D eigenvalue weighted by atomic mass is 10.0. The molecule has 4 rings (SSSR count). The van der Waals surface area contributed by atoms with Crippen molar-refractivity contribution in [2.75, 3.05) is 0 Å². The molecule has 0 bridgehead atoms. The van der Waals surface area contributed by atoms with Crippen molar-refractivity contribution in [3.8, 4) is 22.8 Å². The number of aryl methyl sites for hydroxylation is 4. The monoisotopic (exact) mass is 504 g/mol. The molecule has 0 unspecified atom stereocenters. The molecule has 4 aromatic rings. The van der Waals surface area contributed by atoms with E-state index in [4.69, 9.17) is 16.3 Å². The molecule has 0 atom stereocenters. The molecule has 1 N–H and O–H groups in total. The van der Waals surface area contributed by atoms with Gasteiger partial charge in [0.05, 0.1) is 22.8 Å². The highest BCUT2D eigenvalue weighted by molar-refractivity contribution is 6.31. The van der Waals surface area contributed by atoms with Gasteiger partial charge in [-0.05, 0) is 76.4 Å². The number of nitrogens with zero attached hydrogens (tertiary/aromatic N) is 4. The number of hydrogen-bond donors (Lipinski definition) is 1. The molecule has 0 aliphatic heterocycles. The summed E-state index contributed by atoms with van der Waals surface area (Å²) in [5.74, 6) is 0.319. The van der Waals surface area contributed by atoms with Crippen LogP contribution in [0.5, 0.6) is 5.75 Å². The van der Waals surface area contributed by atoms with Crippen molar-refractivity contribution in [2.24, 2.45) is 0 Å². The summed E-state index contributed by atoms with van der Waals surface area (Å²) in [5, 5.41) is 10.4. The molecule has 0 saturated heterocycles. The maximum Gasteiger partial charge on any atom is 0.277 e. The van der Waals surface area contributed by atoms with E-state index < -0.39 is 5.60 Å². The van der Waals surface area contributed by atoms with Gasteiger partial charge >= 0.3 is 0 Å². The highest BCUT2D eigenvalue weighted by Gasteiger charge is 2.21. The Bertz CT molecular complexity index is 1510. The van der Waals surface area contributed by atoms with Crippen molar-refractivity contribution >= 4 is 11.6 Å². The number of hydrogen-bond acceptors (Lipinski definition) is 6. The van der Waals surface area contributed by atoms with Crippen LogP contribution in [0.3, 0.4) is 0 Å². The molecule has 186 valence electrons. The predicted molar refractivity (Wildman–Crippen MR) is 141 cm³/mol. The molecule has 0 aliphatic carbocycles. The van der Waals surface area contributed by atoms with E-state index >= 15 is 0 Å². The summed E-state index contributed by atoms with van der Waals surface area (Å²) in [6, 6.07) is 9.25. The largest absolute Gasteiger partial charge is 0.487 e. The van der Waals surface area contributed by atoms with E-state index in [2.05, 4.69) is 15.0 Å². The summed E-state index contributed by atoms with van der Waals surface area (Å²) in [6.07, 6.45) is 5.20. The predicted octanol–water partition coefficient (Wildman–Crippen LogP) is 5.38. The molecule has 4 aromatic heterocycles. The highest BCUT2D eigenvalue weighted by Crippen LogP contribution is 2.29. The van der Waals surface area contributed by atoms with Crippen LogP contribution in [-0.2, 0) is 12.2 Å². The zero-order chi connectivity index (χ0) is 26.2. The molecule has 0 saturated carbocycles. The van der Waals surface area contributed by atoms with Crippen molar-refractivity contribution in [3.05, 3.63) is 97.9 Å².